The molecule has 0 bridgehead atoms. The van der Waals surface area contributed by atoms with Crippen molar-refractivity contribution in [1.82, 2.24) is 4.90 Å². The van der Waals surface area contributed by atoms with Crippen LogP contribution in [0.2, 0.25) is 0 Å². The van der Waals surface area contributed by atoms with Gasteiger partial charge in [0.25, 0.3) is 0 Å². The maximum atomic E-state index is 8.58. The smallest absolute Gasteiger partial charge is 0.0626 e. The molecule has 3 N–H and O–H groups in total. The Hall–Kier alpha value is -0.160. The third kappa shape index (κ3) is 8.18. The van der Waals surface area contributed by atoms with Crippen LogP contribution in [0.3, 0.4) is 0 Å². The molecule has 0 saturated heterocycles. The highest BCUT2D eigenvalue weighted by atomic mass is 16.5. The van der Waals surface area contributed by atoms with Gasteiger partial charge in [-0.25, -0.2) is 0 Å². The van der Waals surface area contributed by atoms with Crippen LogP contribution in [0.1, 0.15) is 12.8 Å². The molecule has 0 aliphatic carbocycles. The molecule has 13 heavy (non-hydrogen) atoms. The van der Waals surface area contributed by atoms with E-state index in [4.69, 9.17) is 15.6 Å². The number of aliphatic hydroxyl groups excluding tert-OH is 1. The Balaban J connectivity index is 3.32. The molecule has 0 aromatic carbocycles. The highest BCUT2D eigenvalue weighted by Crippen LogP contribution is 1.93. The molecule has 0 spiro atoms. The second-order valence-electron chi connectivity index (χ2n) is 3.41. The summed E-state index contributed by atoms with van der Waals surface area (Å²) < 4.78 is 4.94. The van der Waals surface area contributed by atoms with Gasteiger partial charge in [0.05, 0.1) is 6.61 Å². The van der Waals surface area contributed by atoms with E-state index in [0.29, 0.717) is 6.61 Å². The zero-order valence-corrected chi connectivity index (χ0v) is 8.70. The van der Waals surface area contributed by atoms with Gasteiger partial charge in [-0.1, -0.05) is 0 Å². The molecule has 4 heteroatoms. The number of hydrogen-bond acceptors (Lipinski definition) is 4. The number of nitrogens with two attached hydrogens (primary N) is 1. The Bertz CT molecular complexity index is 112. The molecule has 0 aliphatic rings. The van der Waals surface area contributed by atoms with E-state index in [2.05, 4.69) is 4.90 Å². The number of unbranched alkanes of at least 4 members (excludes halogenated alkanes) is 1. The molecular weight excluding hydrogens is 168 g/mol. The topological polar surface area (TPSA) is 58.7 Å². The van der Waals surface area contributed by atoms with Gasteiger partial charge in [0.2, 0.25) is 0 Å². The van der Waals surface area contributed by atoms with Crippen LogP contribution < -0.4 is 5.73 Å². The van der Waals surface area contributed by atoms with Gasteiger partial charge in [0.15, 0.2) is 0 Å². The first-order valence-electron chi connectivity index (χ1n) is 4.74. The molecule has 0 fully saturated rings. The average Bonchev–Trinajstić information content (AvgIpc) is 2.05. The molecule has 0 saturated carbocycles. The molecule has 0 aliphatic heterocycles. The second kappa shape index (κ2) is 8.44. The lowest BCUT2D eigenvalue weighted by Crippen LogP contribution is -2.38. The molecular formula is C9H22N2O2. The summed E-state index contributed by atoms with van der Waals surface area (Å²) in [5.41, 5.74) is 5.77. The van der Waals surface area contributed by atoms with Gasteiger partial charge in [0.1, 0.15) is 0 Å². The number of rotatable bonds is 8. The van der Waals surface area contributed by atoms with Crippen LogP contribution in [-0.2, 0) is 4.74 Å². The molecule has 1 unspecified atom stereocenters. The van der Waals surface area contributed by atoms with Gasteiger partial charge in [-0.2, -0.15) is 0 Å². The molecule has 0 radical (unpaired) electrons. The fourth-order valence-corrected chi connectivity index (χ4v) is 1.25. The van der Waals surface area contributed by atoms with Crippen molar-refractivity contribution < 1.29 is 9.84 Å². The predicted octanol–water partition coefficient (Wildman–Crippen LogP) is -0.336. The zero-order chi connectivity index (χ0) is 10.1. The van der Waals surface area contributed by atoms with Crippen molar-refractivity contribution in [3.05, 3.63) is 0 Å². The Labute approximate surface area is 80.7 Å². The third-order valence-corrected chi connectivity index (χ3v) is 1.87. The maximum absolute atomic E-state index is 8.58. The molecule has 80 valence electrons. The monoisotopic (exact) mass is 190 g/mol. The highest BCUT2D eigenvalue weighted by molar-refractivity contribution is 4.64. The van der Waals surface area contributed by atoms with Crippen LogP contribution in [0.25, 0.3) is 0 Å². The lowest BCUT2D eigenvalue weighted by molar-refractivity contribution is 0.160. The largest absolute Gasteiger partial charge is 0.396 e. The minimum absolute atomic E-state index is 0.0872. The normalized spacial score (nSPS) is 13.6. The van der Waals surface area contributed by atoms with Crippen LogP contribution in [-0.4, -0.2) is 56.5 Å². The summed E-state index contributed by atoms with van der Waals surface area (Å²) in [6.45, 7) is 2.71. The van der Waals surface area contributed by atoms with Gasteiger partial charge in [-0.05, 0) is 26.4 Å². The molecule has 0 amide bonds. The predicted molar refractivity (Wildman–Crippen MR) is 53.7 cm³/mol. The Morgan fingerprint density at radius 2 is 2.15 bits per heavy atom. The molecule has 0 heterocycles. The van der Waals surface area contributed by atoms with Crippen molar-refractivity contribution in [1.29, 1.82) is 0 Å². The van der Waals surface area contributed by atoms with Crippen molar-refractivity contribution in [2.45, 2.75) is 18.9 Å². The molecule has 1 atom stereocenters. The molecule has 4 nitrogen and oxygen atoms in total. The Morgan fingerprint density at radius 3 is 2.69 bits per heavy atom. The third-order valence-electron chi connectivity index (χ3n) is 1.87. The van der Waals surface area contributed by atoms with Gasteiger partial charge < -0.3 is 20.5 Å². The first-order valence-corrected chi connectivity index (χ1v) is 4.74. The zero-order valence-electron chi connectivity index (χ0n) is 8.70. The fraction of sp³-hybridized carbons (Fsp3) is 1.00. The van der Waals surface area contributed by atoms with E-state index in [1.54, 1.807) is 7.11 Å². The van der Waals surface area contributed by atoms with E-state index in [1.807, 2.05) is 7.05 Å². The minimum atomic E-state index is 0.0872. The lowest BCUT2D eigenvalue weighted by atomic mass is 10.2. The van der Waals surface area contributed by atoms with Crippen LogP contribution in [0.4, 0.5) is 0 Å². The van der Waals surface area contributed by atoms with E-state index in [0.717, 1.165) is 25.9 Å². The van der Waals surface area contributed by atoms with Crippen molar-refractivity contribution in [3.8, 4) is 0 Å². The first-order chi connectivity index (χ1) is 6.20. The van der Waals surface area contributed by atoms with Crippen molar-refractivity contribution in [2.24, 2.45) is 5.73 Å². The number of ether oxygens (including phenoxy) is 1. The van der Waals surface area contributed by atoms with E-state index in [-0.39, 0.29) is 12.6 Å². The van der Waals surface area contributed by atoms with E-state index in [9.17, 15) is 0 Å². The number of nitrogens with zero attached hydrogens (tertiary/aromatic N) is 1. The maximum Gasteiger partial charge on any atom is 0.0626 e. The van der Waals surface area contributed by atoms with Gasteiger partial charge in [-0.15, -0.1) is 0 Å². The Morgan fingerprint density at radius 1 is 1.46 bits per heavy atom. The van der Waals surface area contributed by atoms with Crippen molar-refractivity contribution >= 4 is 0 Å². The molecule has 0 aromatic heterocycles. The average molecular weight is 190 g/mol. The first kappa shape index (κ1) is 12.8. The number of likely N-dealkylation sites (N-methyl/N-ethyl adjacent to an activating group) is 1. The summed E-state index contributed by atoms with van der Waals surface area (Å²) in [5.74, 6) is 0. The quantitative estimate of drug-likeness (QED) is 0.514. The fourth-order valence-electron chi connectivity index (χ4n) is 1.25. The van der Waals surface area contributed by atoms with Gasteiger partial charge >= 0.3 is 0 Å². The highest BCUT2D eigenvalue weighted by Gasteiger charge is 2.05. The molecule has 0 aromatic rings. The van der Waals surface area contributed by atoms with Crippen molar-refractivity contribution in [3.63, 3.8) is 0 Å². The van der Waals surface area contributed by atoms with Crippen LogP contribution >= 0.6 is 0 Å². The summed E-state index contributed by atoms with van der Waals surface area (Å²) in [6, 6.07) is 0.0872. The summed E-state index contributed by atoms with van der Waals surface area (Å²) in [4.78, 5) is 2.17. The number of hydrogen-bond donors (Lipinski definition) is 2. The number of aliphatic hydroxyl groups is 1. The summed E-state index contributed by atoms with van der Waals surface area (Å²) in [7, 11) is 3.69. The van der Waals surface area contributed by atoms with Crippen LogP contribution in [0.5, 0.6) is 0 Å². The van der Waals surface area contributed by atoms with E-state index in [1.165, 1.54) is 0 Å². The minimum Gasteiger partial charge on any atom is -0.396 e. The summed E-state index contributed by atoms with van der Waals surface area (Å²) in [5, 5.41) is 8.58. The molecule has 0 rings (SSSR count). The van der Waals surface area contributed by atoms with Crippen molar-refractivity contribution in [2.75, 3.05) is 40.5 Å². The lowest BCUT2D eigenvalue weighted by Gasteiger charge is -2.20. The van der Waals surface area contributed by atoms with Crippen LogP contribution in [0.15, 0.2) is 0 Å². The standard InChI is InChI=1S/C9H22N2O2/c1-11(5-3-4-6-12)7-9(10)8-13-2/h9,12H,3-8,10H2,1-2H3. The van der Waals surface area contributed by atoms with Crippen LogP contribution in [0, 0.1) is 0 Å². The SMILES string of the molecule is COCC(N)CN(C)CCCCO. The second-order valence-corrected chi connectivity index (χ2v) is 3.41. The van der Waals surface area contributed by atoms with E-state index < -0.39 is 0 Å². The number of methoxy groups -OCH3 is 1. The van der Waals surface area contributed by atoms with E-state index >= 15 is 0 Å². The Kier molecular flexibility index (Phi) is 8.33. The summed E-state index contributed by atoms with van der Waals surface area (Å²) in [6.07, 6.45) is 1.89. The van der Waals surface area contributed by atoms with Gasteiger partial charge in [0, 0.05) is 26.3 Å². The van der Waals surface area contributed by atoms with Gasteiger partial charge in [-0.3, -0.25) is 0 Å². The summed E-state index contributed by atoms with van der Waals surface area (Å²) >= 11 is 0.